The molecule has 29 heavy (non-hydrogen) atoms. The summed E-state index contributed by atoms with van der Waals surface area (Å²) in [5.41, 5.74) is 0.927. The average Bonchev–Trinajstić information content (AvgIpc) is 2.85. The van der Waals surface area contributed by atoms with Crippen LogP contribution in [0.25, 0.3) is 10.9 Å². The van der Waals surface area contributed by atoms with E-state index in [1.165, 1.54) is 12.3 Å². The van der Waals surface area contributed by atoms with Gasteiger partial charge in [-0.2, -0.15) is 13.2 Å². The van der Waals surface area contributed by atoms with E-state index in [-0.39, 0.29) is 17.3 Å². The third-order valence-corrected chi connectivity index (χ3v) is 5.30. The van der Waals surface area contributed by atoms with Crippen LogP contribution in [0.3, 0.4) is 0 Å². The number of alkyl halides is 3. The van der Waals surface area contributed by atoms with Crippen LogP contribution in [-0.4, -0.2) is 29.4 Å². The van der Waals surface area contributed by atoms with Crippen LogP contribution in [-0.2, 0) is 6.18 Å². The highest BCUT2D eigenvalue weighted by Crippen LogP contribution is 2.39. The van der Waals surface area contributed by atoms with Gasteiger partial charge in [0.2, 0.25) is 0 Å². The van der Waals surface area contributed by atoms with Crippen molar-refractivity contribution in [2.45, 2.75) is 31.9 Å². The van der Waals surface area contributed by atoms with Crippen molar-refractivity contribution >= 4 is 28.5 Å². The maximum absolute atomic E-state index is 13.7. The molecule has 0 spiro atoms. The minimum atomic E-state index is -4.46. The zero-order valence-electron chi connectivity index (χ0n) is 15.8. The summed E-state index contributed by atoms with van der Waals surface area (Å²) < 4.78 is 41.2. The number of aliphatic imine (C=N–C) groups is 1. The van der Waals surface area contributed by atoms with Crippen LogP contribution in [0, 0.1) is 0 Å². The van der Waals surface area contributed by atoms with Gasteiger partial charge in [-0.25, -0.2) is 0 Å². The lowest BCUT2D eigenvalue weighted by molar-refractivity contribution is -0.137. The number of benzene rings is 2. The zero-order chi connectivity index (χ0) is 20.4. The molecule has 7 heteroatoms. The molecule has 0 saturated carbocycles. The van der Waals surface area contributed by atoms with Crippen molar-refractivity contribution in [2.75, 3.05) is 18.0 Å². The van der Waals surface area contributed by atoms with Crippen molar-refractivity contribution in [1.82, 2.24) is 4.98 Å². The molecule has 4 rings (SSSR count). The summed E-state index contributed by atoms with van der Waals surface area (Å²) in [6.45, 7) is 1.27. The van der Waals surface area contributed by atoms with Gasteiger partial charge in [0.25, 0.3) is 0 Å². The number of para-hydroxylation sites is 1. The Kier molecular flexibility index (Phi) is 5.22. The quantitative estimate of drug-likeness (QED) is 0.527. The molecule has 152 valence electrons. The minimum Gasteiger partial charge on any atom is -0.494 e. The Bertz CT molecular complexity index is 1030. The molecular weight excluding hydrogens is 379 g/mol. The number of anilines is 1. The second kappa shape index (κ2) is 7.81. The molecule has 3 aromatic rings. The summed E-state index contributed by atoms with van der Waals surface area (Å²) >= 11 is 0. The van der Waals surface area contributed by atoms with Crippen LogP contribution in [0.4, 0.5) is 24.5 Å². The van der Waals surface area contributed by atoms with E-state index in [2.05, 4.69) is 9.98 Å². The van der Waals surface area contributed by atoms with Crippen LogP contribution in [0.2, 0.25) is 0 Å². The Morgan fingerprint density at radius 2 is 1.72 bits per heavy atom. The number of fused-ring (bicyclic) bond motifs is 1. The predicted molar refractivity (Wildman–Crippen MR) is 109 cm³/mol. The molecule has 0 aliphatic carbocycles. The van der Waals surface area contributed by atoms with Crippen LogP contribution in [0.5, 0.6) is 5.88 Å². The normalized spacial score (nSPS) is 15.9. The fourth-order valence-corrected chi connectivity index (χ4v) is 3.84. The molecule has 1 aliphatic rings. The van der Waals surface area contributed by atoms with Crippen molar-refractivity contribution in [1.29, 1.82) is 0 Å². The highest BCUT2D eigenvalue weighted by molar-refractivity contribution is 6.02. The highest BCUT2D eigenvalue weighted by atomic mass is 19.4. The van der Waals surface area contributed by atoms with Crippen molar-refractivity contribution in [3.8, 4) is 5.88 Å². The summed E-state index contributed by atoms with van der Waals surface area (Å²) in [6, 6.07) is 11.5. The third-order valence-electron chi connectivity index (χ3n) is 5.30. The van der Waals surface area contributed by atoms with Gasteiger partial charge in [0, 0.05) is 35.9 Å². The Morgan fingerprint density at radius 1 is 1.00 bits per heavy atom. The molecule has 0 bridgehead atoms. The second-order valence-electron chi connectivity index (χ2n) is 7.29. The SMILES string of the molecule is Oc1[nH]c2ccccc2c1C=Nc1ccc(N2CCCCCC2)c(C(F)(F)F)c1. The fraction of sp³-hybridized carbons (Fsp3) is 0.318. The van der Waals surface area contributed by atoms with E-state index in [0.717, 1.165) is 42.7 Å². The zero-order valence-corrected chi connectivity index (χ0v) is 15.8. The standard InChI is InChI=1S/C22H22F3N3O/c23-22(24,25)18-13-15(9-10-20(18)28-11-5-1-2-6-12-28)26-14-17-16-7-3-4-8-19(16)27-21(17)29/h3-4,7-10,13-14,27,29H,1-2,5-6,11-12H2. The van der Waals surface area contributed by atoms with E-state index in [4.69, 9.17) is 0 Å². The van der Waals surface area contributed by atoms with E-state index < -0.39 is 11.7 Å². The van der Waals surface area contributed by atoms with Gasteiger partial charge in [-0.15, -0.1) is 0 Å². The lowest BCUT2D eigenvalue weighted by Crippen LogP contribution is -2.26. The largest absolute Gasteiger partial charge is 0.494 e. The van der Waals surface area contributed by atoms with Gasteiger partial charge in [0.15, 0.2) is 5.88 Å². The monoisotopic (exact) mass is 401 g/mol. The summed E-state index contributed by atoms with van der Waals surface area (Å²) in [7, 11) is 0. The molecule has 1 aromatic heterocycles. The summed E-state index contributed by atoms with van der Waals surface area (Å²) in [4.78, 5) is 8.88. The number of nitrogens with zero attached hydrogens (tertiary/aromatic N) is 2. The van der Waals surface area contributed by atoms with Gasteiger partial charge in [0.05, 0.1) is 16.8 Å². The van der Waals surface area contributed by atoms with Crippen molar-refractivity contribution in [3.05, 3.63) is 53.6 Å². The van der Waals surface area contributed by atoms with E-state index in [0.29, 0.717) is 18.7 Å². The van der Waals surface area contributed by atoms with E-state index in [1.807, 2.05) is 29.2 Å². The van der Waals surface area contributed by atoms with Crippen LogP contribution >= 0.6 is 0 Å². The lowest BCUT2D eigenvalue weighted by Gasteiger charge is -2.26. The number of nitrogens with one attached hydrogen (secondary N) is 1. The summed E-state index contributed by atoms with van der Waals surface area (Å²) in [5.74, 6) is -0.0628. The highest BCUT2D eigenvalue weighted by Gasteiger charge is 2.35. The smallest absolute Gasteiger partial charge is 0.418 e. The van der Waals surface area contributed by atoms with Crippen molar-refractivity contribution < 1.29 is 18.3 Å². The Balaban J connectivity index is 1.69. The molecule has 1 saturated heterocycles. The second-order valence-corrected chi connectivity index (χ2v) is 7.29. The molecule has 2 N–H and O–H groups in total. The number of halogens is 3. The van der Waals surface area contributed by atoms with Crippen LogP contribution in [0.15, 0.2) is 47.5 Å². The number of rotatable bonds is 3. The van der Waals surface area contributed by atoms with E-state index in [1.54, 1.807) is 6.07 Å². The van der Waals surface area contributed by atoms with Crippen LogP contribution in [0.1, 0.15) is 36.8 Å². The molecule has 2 heterocycles. The Hall–Kier alpha value is -2.96. The molecule has 2 aromatic carbocycles. The summed E-state index contributed by atoms with van der Waals surface area (Å²) in [5, 5.41) is 10.9. The van der Waals surface area contributed by atoms with Gasteiger partial charge in [0.1, 0.15) is 0 Å². The maximum Gasteiger partial charge on any atom is 0.418 e. The topological polar surface area (TPSA) is 51.6 Å². The molecule has 0 radical (unpaired) electrons. The average molecular weight is 401 g/mol. The number of aromatic amines is 1. The molecule has 1 aliphatic heterocycles. The van der Waals surface area contributed by atoms with E-state index in [9.17, 15) is 18.3 Å². The first kappa shape index (κ1) is 19.4. The molecule has 4 nitrogen and oxygen atoms in total. The number of hydrogen-bond acceptors (Lipinski definition) is 3. The fourth-order valence-electron chi connectivity index (χ4n) is 3.84. The Morgan fingerprint density at radius 3 is 2.45 bits per heavy atom. The van der Waals surface area contributed by atoms with E-state index >= 15 is 0 Å². The molecular formula is C22H22F3N3O. The van der Waals surface area contributed by atoms with Gasteiger partial charge < -0.3 is 15.0 Å². The lowest BCUT2D eigenvalue weighted by atomic mass is 10.1. The molecule has 0 unspecified atom stereocenters. The minimum absolute atomic E-state index is 0.0628. The molecule has 1 fully saturated rings. The van der Waals surface area contributed by atoms with Gasteiger partial charge in [-0.3, -0.25) is 4.99 Å². The maximum atomic E-state index is 13.7. The van der Waals surface area contributed by atoms with Crippen molar-refractivity contribution in [3.63, 3.8) is 0 Å². The third kappa shape index (κ3) is 4.09. The van der Waals surface area contributed by atoms with Gasteiger partial charge in [-0.05, 0) is 37.1 Å². The van der Waals surface area contributed by atoms with Crippen molar-refractivity contribution in [2.24, 2.45) is 4.99 Å². The molecule has 0 amide bonds. The number of aromatic nitrogens is 1. The van der Waals surface area contributed by atoms with Gasteiger partial charge >= 0.3 is 6.18 Å². The molecule has 0 atom stereocenters. The first-order valence-electron chi connectivity index (χ1n) is 9.73. The van der Waals surface area contributed by atoms with Gasteiger partial charge in [-0.1, -0.05) is 31.0 Å². The predicted octanol–water partition coefficient (Wildman–Crippen LogP) is 6.02. The Labute approximate surface area is 166 Å². The summed E-state index contributed by atoms with van der Waals surface area (Å²) in [6.07, 6.45) is 0.835. The number of hydrogen-bond donors (Lipinski definition) is 2. The number of H-pyrrole nitrogens is 1. The number of aromatic hydroxyl groups is 1. The first-order chi connectivity index (χ1) is 13.9. The first-order valence-corrected chi connectivity index (χ1v) is 9.73. The van der Waals surface area contributed by atoms with Crippen LogP contribution < -0.4 is 4.90 Å².